The Morgan fingerprint density at radius 1 is 0.387 bits per heavy atom. The summed E-state index contributed by atoms with van der Waals surface area (Å²) in [5.74, 6) is 0.695. The highest BCUT2D eigenvalue weighted by molar-refractivity contribution is 7.24. The summed E-state index contributed by atoms with van der Waals surface area (Å²) < 4.78 is 7.93. The van der Waals surface area contributed by atoms with Crippen LogP contribution >= 0.6 is 11.3 Å². The van der Waals surface area contributed by atoms with Gasteiger partial charge in [-0.2, -0.15) is 0 Å². The van der Waals surface area contributed by atoms with E-state index in [4.69, 9.17) is 19.4 Å². The lowest BCUT2D eigenvalue weighted by molar-refractivity contribution is 0.670. The molecule has 8 aromatic carbocycles. The Balaban J connectivity index is 1.08. The van der Waals surface area contributed by atoms with Crippen molar-refractivity contribution in [3.05, 3.63) is 212 Å². The van der Waals surface area contributed by atoms with Gasteiger partial charge >= 0.3 is 0 Å². The molecule has 0 saturated carbocycles. The van der Waals surface area contributed by atoms with E-state index in [2.05, 4.69) is 170 Å². The summed E-state index contributed by atoms with van der Waals surface area (Å²) in [5.41, 5.74) is 15.1. The summed E-state index contributed by atoms with van der Waals surface area (Å²) in [6.45, 7) is 0. The van der Waals surface area contributed by atoms with Crippen molar-refractivity contribution in [2.75, 3.05) is 0 Å². The standard InChI is InChI=1S/C57H35N3OS/c1-4-17-36(18-5-1)48-35-49(60-57(59-48)38-21-8-3-9-22-38)41-25-14-23-39(33-41)40-24-15-26-42(34-40)51-52-53(37-19-6-2-7-20-37)58-47-31-12-10-28-45(47)55(52)62-56(51)46-30-16-29-44-43-27-11-13-32-50(43)61-54(44)46/h1-35H. The lowest BCUT2D eigenvalue weighted by Crippen LogP contribution is -1.96. The first-order valence-corrected chi connectivity index (χ1v) is 21.6. The molecule has 4 heterocycles. The van der Waals surface area contributed by atoms with Crippen LogP contribution in [0.3, 0.4) is 0 Å². The third-order valence-corrected chi connectivity index (χ3v) is 12.9. The van der Waals surface area contributed by atoms with Gasteiger partial charge in [0.1, 0.15) is 11.2 Å². The normalized spacial score (nSPS) is 11.5. The predicted molar refractivity (Wildman–Crippen MR) is 258 cm³/mol. The largest absolute Gasteiger partial charge is 0.455 e. The molecular weight excluding hydrogens is 775 g/mol. The summed E-state index contributed by atoms with van der Waals surface area (Å²) >= 11 is 1.82. The molecule has 0 spiro atoms. The van der Waals surface area contributed by atoms with E-state index < -0.39 is 0 Å². The van der Waals surface area contributed by atoms with Crippen LogP contribution in [0.2, 0.25) is 0 Å². The van der Waals surface area contributed by atoms with E-state index in [0.717, 1.165) is 110 Å². The van der Waals surface area contributed by atoms with E-state index in [0.29, 0.717) is 5.82 Å². The van der Waals surface area contributed by atoms with Crippen LogP contribution in [0, 0.1) is 0 Å². The van der Waals surface area contributed by atoms with Crippen LogP contribution < -0.4 is 0 Å². The highest BCUT2D eigenvalue weighted by Crippen LogP contribution is 2.52. The van der Waals surface area contributed by atoms with E-state index in [1.54, 1.807) is 0 Å². The zero-order chi connectivity index (χ0) is 41.0. The molecule has 0 aliphatic heterocycles. The Morgan fingerprint density at radius 3 is 1.69 bits per heavy atom. The molecule has 12 aromatic rings. The van der Waals surface area contributed by atoms with Crippen LogP contribution in [0.25, 0.3) is 121 Å². The van der Waals surface area contributed by atoms with Gasteiger partial charge in [-0.15, -0.1) is 11.3 Å². The fourth-order valence-corrected chi connectivity index (χ4v) is 10.1. The van der Waals surface area contributed by atoms with Crippen molar-refractivity contribution in [3.63, 3.8) is 0 Å². The van der Waals surface area contributed by atoms with Crippen molar-refractivity contribution >= 4 is 54.3 Å². The number of fused-ring (bicyclic) bond motifs is 6. The smallest absolute Gasteiger partial charge is 0.160 e. The van der Waals surface area contributed by atoms with Gasteiger partial charge in [0.2, 0.25) is 0 Å². The van der Waals surface area contributed by atoms with E-state index in [-0.39, 0.29) is 0 Å². The Hall–Kier alpha value is -7.99. The lowest BCUT2D eigenvalue weighted by Gasteiger charge is -2.13. The van der Waals surface area contributed by atoms with Crippen molar-refractivity contribution in [3.8, 4) is 77.9 Å². The number of benzene rings is 8. The molecule has 290 valence electrons. The van der Waals surface area contributed by atoms with Gasteiger partial charge in [0.15, 0.2) is 5.82 Å². The minimum absolute atomic E-state index is 0.695. The first-order valence-electron chi connectivity index (χ1n) is 20.8. The first kappa shape index (κ1) is 35.9. The van der Waals surface area contributed by atoms with Crippen molar-refractivity contribution in [1.29, 1.82) is 0 Å². The van der Waals surface area contributed by atoms with Crippen LogP contribution in [-0.2, 0) is 0 Å². The molecular formula is C57H35N3OS. The average molecular weight is 810 g/mol. The van der Waals surface area contributed by atoms with Gasteiger partial charge in [-0.1, -0.05) is 176 Å². The SMILES string of the molecule is c1ccc(-c2cc(-c3cccc(-c4cccc(-c5c(-c6cccc7c6oc6ccccc67)sc6c5c(-c5ccccc5)nc5ccccc56)c4)c3)nc(-c3ccccc3)n2)cc1. The maximum absolute atomic E-state index is 6.73. The quantitative estimate of drug-likeness (QED) is 0.161. The molecule has 0 aliphatic carbocycles. The monoisotopic (exact) mass is 809 g/mol. The number of furan rings is 1. The molecule has 4 aromatic heterocycles. The lowest BCUT2D eigenvalue weighted by atomic mass is 9.92. The van der Waals surface area contributed by atoms with E-state index in [1.807, 2.05) is 53.8 Å². The number of aromatic nitrogens is 3. The van der Waals surface area contributed by atoms with Gasteiger partial charge < -0.3 is 4.42 Å². The molecule has 12 rings (SSSR count). The highest BCUT2D eigenvalue weighted by atomic mass is 32.1. The number of thiophene rings is 1. The molecule has 0 radical (unpaired) electrons. The number of hydrogen-bond donors (Lipinski definition) is 0. The van der Waals surface area contributed by atoms with Gasteiger partial charge in [0, 0.05) is 64.5 Å². The summed E-state index contributed by atoms with van der Waals surface area (Å²) in [6.07, 6.45) is 0. The van der Waals surface area contributed by atoms with Crippen molar-refractivity contribution < 1.29 is 4.42 Å². The Morgan fingerprint density at radius 2 is 0.935 bits per heavy atom. The summed E-state index contributed by atoms with van der Waals surface area (Å²) in [6, 6.07) is 74.2. The number of para-hydroxylation sites is 3. The first-order chi connectivity index (χ1) is 30.7. The molecule has 0 amide bonds. The molecule has 0 fully saturated rings. The third kappa shape index (κ3) is 6.18. The van der Waals surface area contributed by atoms with Crippen LogP contribution in [0.1, 0.15) is 0 Å². The summed E-state index contributed by atoms with van der Waals surface area (Å²) in [5, 5.41) is 4.49. The maximum atomic E-state index is 6.73. The molecule has 62 heavy (non-hydrogen) atoms. The number of rotatable bonds is 7. The van der Waals surface area contributed by atoms with Gasteiger partial charge in [-0.25, -0.2) is 15.0 Å². The average Bonchev–Trinajstić information content (AvgIpc) is 3.95. The van der Waals surface area contributed by atoms with E-state index >= 15 is 0 Å². The van der Waals surface area contributed by atoms with Crippen LogP contribution in [0.4, 0.5) is 0 Å². The molecule has 0 aliphatic rings. The number of hydrogen-bond acceptors (Lipinski definition) is 5. The Labute approximate surface area is 362 Å². The highest BCUT2D eigenvalue weighted by Gasteiger charge is 2.25. The molecule has 0 atom stereocenters. The molecule has 0 unspecified atom stereocenters. The van der Waals surface area contributed by atoms with Crippen LogP contribution in [0.15, 0.2) is 217 Å². The zero-order valence-electron chi connectivity index (χ0n) is 33.4. The second-order valence-corrected chi connectivity index (χ2v) is 16.5. The van der Waals surface area contributed by atoms with E-state index in [1.165, 1.54) is 4.70 Å². The molecule has 0 saturated heterocycles. The van der Waals surface area contributed by atoms with Crippen molar-refractivity contribution in [1.82, 2.24) is 15.0 Å². The second kappa shape index (κ2) is 14.9. The second-order valence-electron chi connectivity index (χ2n) is 15.5. The molecule has 5 heteroatoms. The predicted octanol–water partition coefficient (Wildman–Crippen LogP) is 15.8. The fourth-order valence-electron chi connectivity index (χ4n) is 8.76. The van der Waals surface area contributed by atoms with Gasteiger partial charge in [-0.05, 0) is 53.1 Å². The summed E-state index contributed by atoms with van der Waals surface area (Å²) in [7, 11) is 0. The topological polar surface area (TPSA) is 51.8 Å². The van der Waals surface area contributed by atoms with Gasteiger partial charge in [0.05, 0.1) is 22.6 Å². The van der Waals surface area contributed by atoms with Crippen molar-refractivity contribution in [2.24, 2.45) is 0 Å². The minimum atomic E-state index is 0.695. The maximum Gasteiger partial charge on any atom is 0.160 e. The third-order valence-electron chi connectivity index (χ3n) is 11.7. The van der Waals surface area contributed by atoms with Crippen molar-refractivity contribution in [2.45, 2.75) is 0 Å². The zero-order valence-corrected chi connectivity index (χ0v) is 34.2. The Bertz CT molecular complexity index is 3570. The molecule has 0 bridgehead atoms. The summed E-state index contributed by atoms with van der Waals surface area (Å²) in [4.78, 5) is 16.8. The minimum Gasteiger partial charge on any atom is -0.455 e. The molecule has 4 nitrogen and oxygen atoms in total. The number of nitrogens with zero attached hydrogens (tertiary/aromatic N) is 3. The fraction of sp³-hybridized carbons (Fsp3) is 0. The number of pyridine rings is 1. The van der Waals surface area contributed by atoms with E-state index in [9.17, 15) is 0 Å². The van der Waals surface area contributed by atoms with Crippen LogP contribution in [-0.4, -0.2) is 15.0 Å². The molecule has 0 N–H and O–H groups in total. The van der Waals surface area contributed by atoms with Gasteiger partial charge in [0.25, 0.3) is 0 Å². The van der Waals surface area contributed by atoms with Crippen LogP contribution in [0.5, 0.6) is 0 Å². The van der Waals surface area contributed by atoms with Gasteiger partial charge in [-0.3, -0.25) is 0 Å². The Kier molecular flexibility index (Phi) is 8.65.